The number of para-hydroxylation sites is 1. The van der Waals surface area contributed by atoms with Gasteiger partial charge in [0.2, 0.25) is 0 Å². The van der Waals surface area contributed by atoms with Crippen LogP contribution >= 0.6 is 0 Å². The smallest absolute Gasteiger partial charge is 0.146 e. The lowest BCUT2D eigenvalue weighted by atomic mass is 10.1. The molecule has 0 aliphatic heterocycles. The largest absolute Gasteiger partial charge is 0.396 e. The number of pyridine rings is 1. The molecule has 3 nitrogen and oxygen atoms in total. The van der Waals surface area contributed by atoms with Crippen molar-refractivity contribution in [1.82, 2.24) is 4.98 Å². The van der Waals surface area contributed by atoms with Crippen LogP contribution in [0.1, 0.15) is 6.92 Å². The maximum Gasteiger partial charge on any atom is 0.146 e. The molecule has 0 unspecified atom stereocenters. The van der Waals surface area contributed by atoms with E-state index in [1.807, 2.05) is 42.2 Å². The van der Waals surface area contributed by atoms with Gasteiger partial charge in [0.15, 0.2) is 0 Å². The summed E-state index contributed by atoms with van der Waals surface area (Å²) in [6, 6.07) is 14.3. The Kier molecular flexibility index (Phi) is 3.44. The fourth-order valence-corrected chi connectivity index (χ4v) is 2.54. The molecule has 1 aromatic heterocycles. The van der Waals surface area contributed by atoms with Gasteiger partial charge in [-0.05, 0) is 43.3 Å². The number of hydrogen-bond acceptors (Lipinski definition) is 3. The quantitative estimate of drug-likeness (QED) is 0.734. The Morgan fingerprint density at radius 3 is 2.62 bits per heavy atom. The fraction of sp³-hybridized carbons (Fsp3) is 0.118. The number of hydrogen-bond donors (Lipinski definition) is 1. The van der Waals surface area contributed by atoms with Crippen LogP contribution < -0.4 is 10.6 Å². The molecule has 21 heavy (non-hydrogen) atoms. The Bertz CT molecular complexity index is 786. The summed E-state index contributed by atoms with van der Waals surface area (Å²) in [5.74, 6) is -0.259. The molecule has 0 radical (unpaired) electrons. The van der Waals surface area contributed by atoms with E-state index in [1.165, 1.54) is 6.07 Å². The molecule has 0 fully saturated rings. The molecule has 3 aromatic rings. The van der Waals surface area contributed by atoms with Crippen molar-refractivity contribution in [3.8, 4) is 0 Å². The lowest BCUT2D eigenvalue weighted by Gasteiger charge is -2.25. The molecule has 2 N–H and O–H groups in total. The summed E-state index contributed by atoms with van der Waals surface area (Å²) in [5.41, 5.74) is 9.05. The number of nitrogen functional groups attached to an aromatic ring is 1. The van der Waals surface area contributed by atoms with E-state index in [-0.39, 0.29) is 5.82 Å². The highest BCUT2D eigenvalue weighted by atomic mass is 19.1. The van der Waals surface area contributed by atoms with Gasteiger partial charge in [-0.1, -0.05) is 12.1 Å². The van der Waals surface area contributed by atoms with Gasteiger partial charge in [0.05, 0.1) is 22.6 Å². The first-order valence-corrected chi connectivity index (χ1v) is 6.87. The molecule has 4 heteroatoms. The summed E-state index contributed by atoms with van der Waals surface area (Å²) in [6.45, 7) is 2.59. The van der Waals surface area contributed by atoms with Crippen molar-refractivity contribution in [2.24, 2.45) is 0 Å². The normalized spacial score (nSPS) is 10.8. The Hall–Kier alpha value is -2.62. The Labute approximate surface area is 122 Å². The molecule has 0 spiro atoms. The van der Waals surface area contributed by atoms with Gasteiger partial charge in [0.1, 0.15) is 5.82 Å². The van der Waals surface area contributed by atoms with Crippen molar-refractivity contribution in [2.45, 2.75) is 6.92 Å². The topological polar surface area (TPSA) is 42.2 Å². The van der Waals surface area contributed by atoms with Crippen molar-refractivity contribution >= 4 is 28.0 Å². The predicted octanol–water partition coefficient (Wildman–Crippen LogP) is 4.11. The van der Waals surface area contributed by atoms with Gasteiger partial charge in [-0.3, -0.25) is 4.98 Å². The van der Waals surface area contributed by atoms with Crippen molar-refractivity contribution in [1.29, 1.82) is 0 Å². The average Bonchev–Trinajstić information content (AvgIpc) is 2.52. The summed E-state index contributed by atoms with van der Waals surface area (Å²) in [6.07, 6.45) is 1.73. The summed E-state index contributed by atoms with van der Waals surface area (Å²) in [4.78, 5) is 6.16. The van der Waals surface area contributed by atoms with E-state index >= 15 is 0 Å². The Balaban J connectivity index is 2.18. The SMILES string of the molecule is CCN(c1ccccc1F)c1ccc2ncccc2c1N. The first-order chi connectivity index (χ1) is 10.2. The molecule has 0 amide bonds. The van der Waals surface area contributed by atoms with Crippen LogP contribution in [0.2, 0.25) is 0 Å². The highest BCUT2D eigenvalue weighted by Crippen LogP contribution is 2.35. The van der Waals surface area contributed by atoms with Crippen LogP contribution in [0.5, 0.6) is 0 Å². The standard InChI is InChI=1S/C17H16FN3/c1-2-21(15-8-4-3-7-13(15)18)16-10-9-14-12(17(16)19)6-5-11-20-14/h3-11H,2,19H2,1H3. The lowest BCUT2D eigenvalue weighted by molar-refractivity contribution is 0.626. The van der Waals surface area contributed by atoms with Crippen LogP contribution in [-0.2, 0) is 0 Å². The van der Waals surface area contributed by atoms with Crippen LogP contribution in [0.25, 0.3) is 10.9 Å². The zero-order chi connectivity index (χ0) is 14.8. The minimum atomic E-state index is -0.259. The van der Waals surface area contributed by atoms with Gasteiger partial charge >= 0.3 is 0 Å². The number of nitrogens with two attached hydrogens (primary N) is 1. The summed E-state index contributed by atoms with van der Waals surface area (Å²) in [5, 5.41) is 0.879. The highest BCUT2D eigenvalue weighted by Gasteiger charge is 2.15. The third kappa shape index (κ3) is 2.29. The van der Waals surface area contributed by atoms with Crippen LogP contribution in [0.4, 0.5) is 21.5 Å². The average molecular weight is 281 g/mol. The van der Waals surface area contributed by atoms with Crippen LogP contribution in [0, 0.1) is 5.82 Å². The van der Waals surface area contributed by atoms with E-state index in [4.69, 9.17) is 5.73 Å². The van der Waals surface area contributed by atoms with E-state index in [1.54, 1.807) is 18.3 Å². The van der Waals surface area contributed by atoms with E-state index in [0.29, 0.717) is 17.9 Å². The minimum Gasteiger partial charge on any atom is -0.396 e. The maximum absolute atomic E-state index is 14.1. The van der Waals surface area contributed by atoms with E-state index in [2.05, 4.69) is 4.98 Å². The molecular formula is C17H16FN3. The highest BCUT2D eigenvalue weighted by molar-refractivity contribution is 5.98. The van der Waals surface area contributed by atoms with E-state index in [9.17, 15) is 4.39 Å². The van der Waals surface area contributed by atoms with E-state index in [0.717, 1.165) is 16.6 Å². The van der Waals surface area contributed by atoms with Crippen LogP contribution in [0.3, 0.4) is 0 Å². The molecule has 0 saturated heterocycles. The van der Waals surface area contributed by atoms with Gasteiger partial charge in [-0.2, -0.15) is 0 Å². The monoisotopic (exact) mass is 281 g/mol. The number of rotatable bonds is 3. The van der Waals surface area contributed by atoms with Crippen LogP contribution in [-0.4, -0.2) is 11.5 Å². The third-order valence-corrected chi connectivity index (χ3v) is 3.55. The second-order valence-corrected chi connectivity index (χ2v) is 4.76. The zero-order valence-electron chi connectivity index (χ0n) is 11.8. The van der Waals surface area contributed by atoms with Gasteiger partial charge in [0.25, 0.3) is 0 Å². The van der Waals surface area contributed by atoms with Gasteiger partial charge in [-0.15, -0.1) is 0 Å². The van der Waals surface area contributed by atoms with E-state index < -0.39 is 0 Å². The second kappa shape index (κ2) is 5.40. The Morgan fingerprint density at radius 1 is 1.05 bits per heavy atom. The third-order valence-electron chi connectivity index (χ3n) is 3.55. The summed E-state index contributed by atoms with van der Waals surface area (Å²) < 4.78 is 14.1. The van der Waals surface area contributed by atoms with Gasteiger partial charge < -0.3 is 10.6 Å². The van der Waals surface area contributed by atoms with Crippen molar-refractivity contribution in [3.05, 3.63) is 60.5 Å². The second-order valence-electron chi connectivity index (χ2n) is 4.76. The van der Waals surface area contributed by atoms with Crippen molar-refractivity contribution in [2.75, 3.05) is 17.2 Å². The number of aromatic nitrogens is 1. The maximum atomic E-state index is 14.1. The fourth-order valence-electron chi connectivity index (χ4n) is 2.54. The molecule has 0 aliphatic carbocycles. The molecule has 0 atom stereocenters. The lowest BCUT2D eigenvalue weighted by Crippen LogP contribution is -2.18. The molecule has 2 aromatic carbocycles. The summed E-state index contributed by atoms with van der Waals surface area (Å²) >= 11 is 0. The first kappa shape index (κ1) is 13.4. The van der Waals surface area contributed by atoms with Gasteiger partial charge in [-0.25, -0.2) is 4.39 Å². The number of anilines is 3. The number of nitrogens with zero attached hydrogens (tertiary/aromatic N) is 2. The van der Waals surface area contributed by atoms with Crippen LogP contribution in [0.15, 0.2) is 54.7 Å². The number of halogens is 1. The zero-order valence-corrected chi connectivity index (χ0v) is 11.8. The van der Waals surface area contributed by atoms with Crippen molar-refractivity contribution < 1.29 is 4.39 Å². The molecule has 0 bridgehead atoms. The predicted molar refractivity (Wildman–Crippen MR) is 85.2 cm³/mol. The molecular weight excluding hydrogens is 265 g/mol. The molecule has 0 saturated carbocycles. The first-order valence-electron chi connectivity index (χ1n) is 6.87. The molecule has 0 aliphatic rings. The summed E-state index contributed by atoms with van der Waals surface area (Å²) in [7, 11) is 0. The minimum absolute atomic E-state index is 0.259. The molecule has 1 heterocycles. The van der Waals surface area contributed by atoms with Gasteiger partial charge in [0, 0.05) is 18.1 Å². The number of benzene rings is 2. The van der Waals surface area contributed by atoms with Crippen molar-refractivity contribution in [3.63, 3.8) is 0 Å². The number of fused-ring (bicyclic) bond motifs is 1. The molecule has 3 rings (SSSR count). The Morgan fingerprint density at radius 2 is 1.86 bits per heavy atom. The molecule has 106 valence electrons.